The van der Waals surface area contributed by atoms with E-state index < -0.39 is 10.6 Å². The topological polar surface area (TPSA) is 111 Å². The second-order valence-corrected chi connectivity index (χ2v) is 9.04. The Bertz CT molecular complexity index is 943. The molecule has 2 aromatic heterocycles. The van der Waals surface area contributed by atoms with Crippen molar-refractivity contribution in [1.82, 2.24) is 15.2 Å². The third-order valence-electron chi connectivity index (χ3n) is 4.65. The number of hydrogen-bond donors (Lipinski definition) is 4. The molecule has 1 amide bonds. The minimum atomic E-state index is -2.47. The summed E-state index contributed by atoms with van der Waals surface area (Å²) in [4.78, 5) is 16.6. The molecule has 1 atom stereocenters. The number of anilines is 1. The second kappa shape index (κ2) is 6.71. The average Bonchev–Trinajstić information content (AvgIpc) is 3.24. The Labute approximate surface area is 152 Å². The van der Waals surface area contributed by atoms with Crippen molar-refractivity contribution in [3.8, 4) is 11.1 Å². The molecule has 1 saturated heterocycles. The molecule has 136 valence electrons. The lowest BCUT2D eigenvalue weighted by atomic mass is 10.0. The van der Waals surface area contributed by atoms with Gasteiger partial charge in [-0.05, 0) is 35.4 Å². The van der Waals surface area contributed by atoms with Crippen molar-refractivity contribution in [3.05, 3.63) is 42.9 Å². The summed E-state index contributed by atoms with van der Waals surface area (Å²) in [6, 6.07) is 7.87. The predicted molar refractivity (Wildman–Crippen MR) is 103 cm³/mol. The highest BCUT2D eigenvalue weighted by molar-refractivity contribution is 8.24. The Morgan fingerprint density at radius 3 is 2.85 bits per heavy atom. The van der Waals surface area contributed by atoms with Crippen LogP contribution in [0, 0.1) is 5.92 Å². The first-order chi connectivity index (χ1) is 12.5. The first-order valence-electron chi connectivity index (χ1n) is 8.41. The van der Waals surface area contributed by atoms with E-state index in [4.69, 9.17) is 0 Å². The number of H-pyrrole nitrogens is 1. The molecule has 4 N–H and O–H groups in total. The van der Waals surface area contributed by atoms with Crippen molar-refractivity contribution in [3.63, 3.8) is 0 Å². The van der Waals surface area contributed by atoms with Crippen LogP contribution in [0.1, 0.15) is 12.8 Å². The van der Waals surface area contributed by atoms with Crippen molar-refractivity contribution >= 4 is 33.1 Å². The van der Waals surface area contributed by atoms with Gasteiger partial charge in [-0.3, -0.25) is 19.0 Å². The lowest BCUT2D eigenvalue weighted by molar-refractivity contribution is -0.116. The number of aromatic nitrogens is 3. The quantitative estimate of drug-likeness (QED) is 0.558. The molecule has 1 aliphatic heterocycles. The summed E-state index contributed by atoms with van der Waals surface area (Å²) in [6.45, 7) is 0. The van der Waals surface area contributed by atoms with E-state index in [2.05, 4.69) is 20.5 Å². The van der Waals surface area contributed by atoms with E-state index in [-0.39, 0.29) is 18.2 Å². The molecule has 3 aromatic rings. The number of aromatic amines is 1. The van der Waals surface area contributed by atoms with Crippen LogP contribution < -0.4 is 5.32 Å². The van der Waals surface area contributed by atoms with E-state index in [0.717, 1.165) is 21.9 Å². The molecule has 8 heteroatoms. The standard InChI is InChI=1S/C18H20N4O3S/c23-18(5-12-3-4-26(24,25)11-12)22-17-7-15-6-13(16-9-20-21-10-16)1-2-14(15)8-19-17/h1-2,6-10,12,24-25H,3-5,11H2,(H,20,21)(H,19,22,23). The maximum Gasteiger partial charge on any atom is 0.225 e. The maximum atomic E-state index is 12.3. The molecule has 1 fully saturated rings. The van der Waals surface area contributed by atoms with E-state index in [0.29, 0.717) is 23.7 Å². The molecule has 0 spiro atoms. The van der Waals surface area contributed by atoms with E-state index in [9.17, 15) is 13.9 Å². The minimum absolute atomic E-state index is 0.0214. The average molecular weight is 372 g/mol. The summed E-state index contributed by atoms with van der Waals surface area (Å²) in [7, 11) is -2.47. The number of benzene rings is 1. The molecule has 3 heterocycles. The Balaban J connectivity index is 1.49. The molecular weight excluding hydrogens is 352 g/mol. The van der Waals surface area contributed by atoms with E-state index in [1.165, 1.54) is 0 Å². The molecule has 4 rings (SSSR count). The minimum Gasteiger partial charge on any atom is -0.311 e. The highest BCUT2D eigenvalue weighted by Crippen LogP contribution is 2.49. The van der Waals surface area contributed by atoms with Crippen molar-refractivity contribution in [2.75, 3.05) is 16.8 Å². The summed E-state index contributed by atoms with van der Waals surface area (Å²) < 4.78 is 19.4. The van der Waals surface area contributed by atoms with Crippen LogP contribution in [0.3, 0.4) is 0 Å². The smallest absolute Gasteiger partial charge is 0.225 e. The third kappa shape index (κ3) is 3.72. The van der Waals surface area contributed by atoms with E-state index in [1.54, 1.807) is 12.4 Å². The second-order valence-electron chi connectivity index (χ2n) is 6.70. The number of rotatable bonds is 4. The fraction of sp³-hybridized carbons (Fsp3) is 0.278. The number of pyridine rings is 1. The monoisotopic (exact) mass is 372 g/mol. The van der Waals surface area contributed by atoms with Crippen molar-refractivity contribution in [2.24, 2.45) is 5.92 Å². The van der Waals surface area contributed by atoms with Crippen LogP contribution in [0.5, 0.6) is 0 Å². The zero-order valence-corrected chi connectivity index (χ0v) is 14.9. The lowest BCUT2D eigenvalue weighted by Crippen LogP contribution is -2.17. The highest BCUT2D eigenvalue weighted by atomic mass is 32.3. The zero-order chi connectivity index (χ0) is 18.1. The van der Waals surface area contributed by atoms with Gasteiger partial charge in [-0.15, -0.1) is 0 Å². The number of fused-ring (bicyclic) bond motifs is 1. The molecule has 1 unspecified atom stereocenters. The molecule has 0 saturated carbocycles. The largest absolute Gasteiger partial charge is 0.311 e. The van der Waals surface area contributed by atoms with Gasteiger partial charge in [0.25, 0.3) is 0 Å². The molecule has 7 nitrogen and oxygen atoms in total. The summed E-state index contributed by atoms with van der Waals surface area (Å²) >= 11 is 0. The van der Waals surface area contributed by atoms with Crippen molar-refractivity contribution < 1.29 is 13.9 Å². The first-order valence-corrected chi connectivity index (χ1v) is 10.3. The molecule has 1 aliphatic rings. The fourth-order valence-corrected chi connectivity index (χ4v) is 5.23. The normalized spacial score (nSPS) is 20.2. The van der Waals surface area contributed by atoms with Gasteiger partial charge in [-0.2, -0.15) is 15.7 Å². The third-order valence-corrected chi connectivity index (χ3v) is 6.55. The van der Waals surface area contributed by atoms with Gasteiger partial charge < -0.3 is 5.32 Å². The van der Waals surface area contributed by atoms with Crippen molar-refractivity contribution in [1.29, 1.82) is 0 Å². The van der Waals surface area contributed by atoms with Gasteiger partial charge in [0.05, 0.1) is 6.20 Å². The fourth-order valence-electron chi connectivity index (χ4n) is 3.31. The summed E-state index contributed by atoms with van der Waals surface area (Å²) in [6.07, 6.45) is 6.28. The van der Waals surface area contributed by atoms with Gasteiger partial charge in [0, 0.05) is 41.3 Å². The van der Waals surface area contributed by atoms with Crippen LogP contribution in [0.25, 0.3) is 21.9 Å². The van der Waals surface area contributed by atoms with Crippen LogP contribution in [-0.4, -0.2) is 41.7 Å². The van der Waals surface area contributed by atoms with Gasteiger partial charge in [-0.25, -0.2) is 4.98 Å². The van der Waals surface area contributed by atoms with Gasteiger partial charge in [0.2, 0.25) is 5.91 Å². The predicted octanol–water partition coefficient (Wildman–Crippen LogP) is 3.72. The van der Waals surface area contributed by atoms with Crippen LogP contribution in [0.2, 0.25) is 0 Å². The van der Waals surface area contributed by atoms with E-state index in [1.807, 2.05) is 30.5 Å². The van der Waals surface area contributed by atoms with Gasteiger partial charge in [0.15, 0.2) is 0 Å². The SMILES string of the molecule is O=C(CC1CCS(O)(O)C1)Nc1cc2cc(-c3cn[nH]c3)ccc2cn1. The first kappa shape index (κ1) is 17.0. The highest BCUT2D eigenvalue weighted by Gasteiger charge is 2.29. The maximum absolute atomic E-state index is 12.3. The number of carbonyl (C=O) groups is 1. The summed E-state index contributed by atoms with van der Waals surface area (Å²) in [5.41, 5.74) is 2.03. The number of nitrogens with one attached hydrogen (secondary N) is 2. The van der Waals surface area contributed by atoms with Gasteiger partial charge in [-0.1, -0.05) is 12.1 Å². The lowest BCUT2D eigenvalue weighted by Gasteiger charge is -2.25. The number of carbonyl (C=O) groups excluding carboxylic acids is 1. The van der Waals surface area contributed by atoms with Crippen LogP contribution in [-0.2, 0) is 4.79 Å². The molecule has 1 aromatic carbocycles. The molecule has 0 radical (unpaired) electrons. The zero-order valence-electron chi connectivity index (χ0n) is 14.1. The Morgan fingerprint density at radius 2 is 2.12 bits per heavy atom. The molecule has 0 aliphatic carbocycles. The number of hydrogen-bond acceptors (Lipinski definition) is 5. The van der Waals surface area contributed by atoms with E-state index >= 15 is 0 Å². The Hall–Kier alpha value is -2.42. The molecule has 0 bridgehead atoms. The summed E-state index contributed by atoms with van der Waals surface area (Å²) in [5, 5.41) is 11.5. The Morgan fingerprint density at radius 1 is 1.23 bits per heavy atom. The molecular formula is C18H20N4O3S. The summed E-state index contributed by atoms with van der Waals surface area (Å²) in [5.74, 6) is 1.09. The van der Waals surface area contributed by atoms with Crippen LogP contribution in [0.4, 0.5) is 5.82 Å². The number of nitrogens with zero attached hydrogens (tertiary/aromatic N) is 2. The number of amides is 1. The van der Waals surface area contributed by atoms with Gasteiger partial charge in [0.1, 0.15) is 5.82 Å². The molecule has 26 heavy (non-hydrogen) atoms. The Kier molecular flexibility index (Phi) is 4.39. The van der Waals surface area contributed by atoms with Gasteiger partial charge >= 0.3 is 0 Å². The van der Waals surface area contributed by atoms with Crippen LogP contribution >= 0.6 is 10.6 Å². The van der Waals surface area contributed by atoms with Crippen molar-refractivity contribution in [2.45, 2.75) is 12.8 Å². The van der Waals surface area contributed by atoms with Crippen LogP contribution in [0.15, 0.2) is 42.9 Å².